The topological polar surface area (TPSA) is 83.8 Å². The van der Waals surface area contributed by atoms with E-state index in [1.54, 1.807) is 0 Å². The normalized spacial score (nSPS) is 51.1. The summed E-state index contributed by atoms with van der Waals surface area (Å²) in [5.74, 6) is 3.09. The van der Waals surface area contributed by atoms with Crippen molar-refractivity contribution in [2.24, 2.45) is 40.4 Å². The van der Waals surface area contributed by atoms with Gasteiger partial charge in [-0.1, -0.05) is 13.8 Å². The summed E-state index contributed by atoms with van der Waals surface area (Å²) in [4.78, 5) is 0. The molecule has 0 aromatic rings. The molecule has 0 aliphatic heterocycles. The smallest absolute Gasteiger partial charge is 0.393 e. The molecule has 0 amide bonds. The third-order valence-electron chi connectivity index (χ3n) is 9.53. The van der Waals surface area contributed by atoms with Crippen molar-refractivity contribution in [1.82, 2.24) is 0 Å². The number of hydrogen-bond acceptors (Lipinski definition) is 4. The maximum atomic E-state index is 11.1. The number of aliphatic hydroxyl groups excluding tert-OH is 1. The van der Waals surface area contributed by atoms with Crippen molar-refractivity contribution >= 4 is 10.4 Å². The molecule has 0 radical (unpaired) electrons. The Kier molecular flexibility index (Phi) is 4.98. The fourth-order valence-electron chi connectivity index (χ4n) is 8.31. The zero-order valence-corrected chi connectivity index (χ0v) is 17.7. The van der Waals surface area contributed by atoms with Crippen LogP contribution in [0.4, 0.5) is 0 Å². The van der Waals surface area contributed by atoms with Crippen molar-refractivity contribution in [3.8, 4) is 0 Å². The van der Waals surface area contributed by atoms with Gasteiger partial charge in [0.15, 0.2) is 0 Å². The van der Waals surface area contributed by atoms with E-state index in [1.807, 2.05) is 6.92 Å². The van der Waals surface area contributed by atoms with Crippen molar-refractivity contribution < 1.29 is 22.3 Å². The molecule has 156 valence electrons. The van der Waals surface area contributed by atoms with Gasteiger partial charge in [0.25, 0.3) is 0 Å². The third-order valence-corrected chi connectivity index (χ3v) is 10.0. The summed E-state index contributed by atoms with van der Waals surface area (Å²) in [5.41, 5.74) is 0.538. The van der Waals surface area contributed by atoms with E-state index in [-0.39, 0.29) is 23.0 Å². The van der Waals surface area contributed by atoms with Crippen LogP contribution in [0.25, 0.3) is 0 Å². The highest BCUT2D eigenvalue weighted by atomic mass is 32.3. The second-order valence-corrected chi connectivity index (χ2v) is 11.6. The van der Waals surface area contributed by atoms with Crippen molar-refractivity contribution in [2.45, 2.75) is 90.8 Å². The van der Waals surface area contributed by atoms with Crippen molar-refractivity contribution in [1.29, 1.82) is 0 Å². The van der Waals surface area contributed by atoms with E-state index in [2.05, 4.69) is 13.8 Å². The van der Waals surface area contributed by atoms with Gasteiger partial charge in [0.1, 0.15) is 0 Å². The first-order chi connectivity index (χ1) is 12.5. The van der Waals surface area contributed by atoms with Crippen LogP contribution >= 0.6 is 0 Å². The maximum Gasteiger partial charge on any atom is 0.397 e. The molecule has 0 bridgehead atoms. The van der Waals surface area contributed by atoms with Crippen LogP contribution in [0.3, 0.4) is 0 Å². The minimum atomic E-state index is -4.36. The van der Waals surface area contributed by atoms with Gasteiger partial charge in [0.2, 0.25) is 0 Å². The molecule has 0 aromatic carbocycles. The van der Waals surface area contributed by atoms with Crippen LogP contribution in [0.2, 0.25) is 0 Å². The lowest BCUT2D eigenvalue weighted by Gasteiger charge is -2.61. The van der Waals surface area contributed by atoms with Crippen LogP contribution in [-0.4, -0.2) is 30.3 Å². The highest BCUT2D eigenvalue weighted by molar-refractivity contribution is 7.80. The molecule has 5 nitrogen and oxygen atoms in total. The van der Waals surface area contributed by atoms with Crippen LogP contribution in [0.5, 0.6) is 0 Å². The van der Waals surface area contributed by atoms with Crippen LogP contribution in [0.1, 0.15) is 78.6 Å². The molecule has 4 saturated carbocycles. The molecule has 1 unspecified atom stereocenters. The summed E-state index contributed by atoms with van der Waals surface area (Å²) >= 11 is 0. The molecule has 6 heteroatoms. The van der Waals surface area contributed by atoms with Crippen molar-refractivity contribution in [3.63, 3.8) is 0 Å². The van der Waals surface area contributed by atoms with Gasteiger partial charge in [0, 0.05) is 0 Å². The SMILES string of the molecule is CC(O)[C@H]1CC[C@H]2[C@@H]3CC[C@H]4C[C@@H](OS(=O)(=O)O)CC[C@]4(C)[C@H]3CC[C@]12C. The fourth-order valence-corrected chi connectivity index (χ4v) is 8.83. The largest absolute Gasteiger partial charge is 0.397 e. The average molecular weight is 401 g/mol. The third kappa shape index (κ3) is 3.28. The molecule has 0 heterocycles. The molecule has 2 N–H and O–H groups in total. The Hall–Kier alpha value is -0.170. The van der Waals surface area contributed by atoms with E-state index >= 15 is 0 Å². The molecule has 4 aliphatic rings. The zero-order chi connectivity index (χ0) is 19.6. The maximum absolute atomic E-state index is 11.1. The minimum Gasteiger partial charge on any atom is -0.393 e. The van der Waals surface area contributed by atoms with Gasteiger partial charge in [-0.15, -0.1) is 0 Å². The number of hydrogen-bond donors (Lipinski definition) is 2. The molecule has 27 heavy (non-hydrogen) atoms. The van der Waals surface area contributed by atoms with E-state index < -0.39 is 10.4 Å². The summed E-state index contributed by atoms with van der Waals surface area (Å²) in [6.07, 6.45) is 9.08. The van der Waals surface area contributed by atoms with E-state index in [9.17, 15) is 13.5 Å². The lowest BCUT2D eigenvalue weighted by atomic mass is 9.44. The molecule has 0 aromatic heterocycles. The predicted octanol–water partition coefficient (Wildman–Crippen LogP) is 4.21. The molecule has 0 spiro atoms. The first kappa shape index (κ1) is 20.1. The molecular weight excluding hydrogens is 364 g/mol. The Morgan fingerprint density at radius 3 is 2.30 bits per heavy atom. The van der Waals surface area contributed by atoms with Crippen LogP contribution in [0, 0.1) is 40.4 Å². The van der Waals surface area contributed by atoms with Gasteiger partial charge < -0.3 is 5.11 Å². The average Bonchev–Trinajstić information content (AvgIpc) is 2.91. The molecule has 0 saturated heterocycles. The van der Waals surface area contributed by atoms with Crippen LogP contribution in [-0.2, 0) is 14.6 Å². The quantitative estimate of drug-likeness (QED) is 0.693. The van der Waals surface area contributed by atoms with Gasteiger partial charge in [-0.2, -0.15) is 8.42 Å². The Morgan fingerprint density at radius 1 is 0.963 bits per heavy atom. The Balaban J connectivity index is 1.52. The number of aliphatic hydroxyl groups is 1. The first-order valence-electron chi connectivity index (χ1n) is 10.9. The predicted molar refractivity (Wildman–Crippen MR) is 103 cm³/mol. The van der Waals surface area contributed by atoms with Gasteiger partial charge in [-0.05, 0) is 105 Å². The second kappa shape index (κ2) is 6.68. The molecule has 4 aliphatic carbocycles. The first-order valence-corrected chi connectivity index (χ1v) is 12.2. The number of fused-ring (bicyclic) bond motifs is 5. The summed E-state index contributed by atoms with van der Waals surface area (Å²) < 4.78 is 36.2. The lowest BCUT2D eigenvalue weighted by molar-refractivity contribution is -0.130. The molecule has 9 atom stereocenters. The standard InChI is InChI=1S/C21H36O5S/c1-13(22)17-6-7-18-16-5-4-14-12-15(26-27(23,24)25)8-10-20(14,2)19(16)9-11-21(17,18)3/h13-19,22H,4-12H2,1-3H3,(H,23,24,25)/t13?,14-,15-,16-,17+,18-,19-,20-,21+/m0/s1. The van der Waals surface area contributed by atoms with Crippen LogP contribution in [0.15, 0.2) is 0 Å². The minimum absolute atomic E-state index is 0.212. The lowest BCUT2D eigenvalue weighted by Crippen LogP contribution is -2.54. The summed E-state index contributed by atoms with van der Waals surface area (Å²) in [6, 6.07) is 0. The summed E-state index contributed by atoms with van der Waals surface area (Å²) in [6.45, 7) is 6.84. The highest BCUT2D eigenvalue weighted by Gasteiger charge is 2.60. The number of rotatable bonds is 3. The van der Waals surface area contributed by atoms with E-state index in [0.29, 0.717) is 24.2 Å². The van der Waals surface area contributed by atoms with Gasteiger partial charge in [0.05, 0.1) is 12.2 Å². The Morgan fingerprint density at radius 2 is 1.63 bits per heavy atom. The van der Waals surface area contributed by atoms with E-state index in [1.165, 1.54) is 25.7 Å². The van der Waals surface area contributed by atoms with Gasteiger partial charge >= 0.3 is 10.4 Å². The highest BCUT2D eigenvalue weighted by Crippen LogP contribution is 2.67. The fraction of sp³-hybridized carbons (Fsp3) is 1.00. The van der Waals surface area contributed by atoms with Gasteiger partial charge in [-0.25, -0.2) is 4.18 Å². The van der Waals surface area contributed by atoms with Crippen molar-refractivity contribution in [2.75, 3.05) is 0 Å². The van der Waals surface area contributed by atoms with Gasteiger partial charge in [-0.3, -0.25) is 4.55 Å². The second-order valence-electron chi connectivity index (χ2n) is 10.5. The zero-order valence-electron chi connectivity index (χ0n) is 16.9. The summed E-state index contributed by atoms with van der Waals surface area (Å²) in [7, 11) is -4.36. The molecule has 4 rings (SSSR count). The van der Waals surface area contributed by atoms with Crippen molar-refractivity contribution in [3.05, 3.63) is 0 Å². The monoisotopic (exact) mass is 400 g/mol. The molecular formula is C21H36O5S. The Bertz CT molecular complexity index is 676. The van der Waals surface area contributed by atoms with Crippen LogP contribution < -0.4 is 0 Å². The van der Waals surface area contributed by atoms with E-state index in [0.717, 1.165) is 37.5 Å². The summed E-state index contributed by atoms with van der Waals surface area (Å²) in [5, 5.41) is 10.3. The Labute approximate surface area is 164 Å². The van der Waals surface area contributed by atoms with E-state index in [4.69, 9.17) is 8.74 Å². The molecule has 4 fully saturated rings.